The van der Waals surface area contributed by atoms with Crippen LogP contribution in [0.25, 0.3) is 11.1 Å². The molecule has 0 atom stereocenters. The molecule has 2 aromatic carbocycles. The number of nitrogen functional groups attached to an aromatic ring is 1. The van der Waals surface area contributed by atoms with Crippen molar-refractivity contribution in [3.8, 4) is 22.6 Å². The minimum Gasteiger partial charge on any atom is -0.490 e. The smallest absolute Gasteiger partial charge is 0.161 e. The summed E-state index contributed by atoms with van der Waals surface area (Å²) < 4.78 is 11.2. The zero-order chi connectivity index (χ0) is 13.7. The first-order valence-electron chi connectivity index (χ1n) is 6.50. The summed E-state index contributed by atoms with van der Waals surface area (Å²) in [6.45, 7) is 5.17. The summed E-state index contributed by atoms with van der Waals surface area (Å²) in [5.41, 5.74) is 8.66. The van der Waals surface area contributed by atoms with E-state index < -0.39 is 0 Å². The van der Waals surface area contributed by atoms with Gasteiger partial charge >= 0.3 is 0 Å². The minimum atomic E-state index is 0.616. The third-order valence-corrected chi connectivity index (χ3v) is 2.79. The van der Waals surface area contributed by atoms with Crippen LogP contribution in [0.15, 0.2) is 42.5 Å². The fourth-order valence-electron chi connectivity index (χ4n) is 1.91. The van der Waals surface area contributed by atoms with E-state index in [1.54, 1.807) is 0 Å². The van der Waals surface area contributed by atoms with Crippen LogP contribution >= 0.6 is 0 Å². The Balaban J connectivity index is 2.36. The fraction of sp³-hybridized carbons (Fsp3) is 0.250. The minimum absolute atomic E-state index is 0.616. The quantitative estimate of drug-likeness (QED) is 0.830. The molecule has 2 N–H and O–H groups in total. The predicted molar refractivity (Wildman–Crippen MR) is 78.6 cm³/mol. The van der Waals surface area contributed by atoms with Gasteiger partial charge in [-0.1, -0.05) is 18.2 Å². The van der Waals surface area contributed by atoms with Crippen LogP contribution < -0.4 is 15.2 Å². The molecule has 100 valence electrons. The van der Waals surface area contributed by atoms with Crippen molar-refractivity contribution in [1.29, 1.82) is 0 Å². The molecule has 0 aliphatic rings. The van der Waals surface area contributed by atoms with E-state index in [1.807, 2.05) is 56.3 Å². The van der Waals surface area contributed by atoms with Gasteiger partial charge in [-0.3, -0.25) is 0 Å². The predicted octanol–water partition coefficient (Wildman–Crippen LogP) is 3.73. The number of anilines is 1. The molecule has 0 bridgehead atoms. The molecule has 0 aliphatic carbocycles. The highest BCUT2D eigenvalue weighted by molar-refractivity contribution is 5.68. The highest BCUT2D eigenvalue weighted by atomic mass is 16.5. The lowest BCUT2D eigenvalue weighted by molar-refractivity contribution is 0.288. The first kappa shape index (κ1) is 13.3. The van der Waals surface area contributed by atoms with Gasteiger partial charge in [0.05, 0.1) is 13.2 Å². The Morgan fingerprint density at radius 2 is 1.37 bits per heavy atom. The Kier molecular flexibility index (Phi) is 4.29. The number of nitrogens with two attached hydrogens (primary N) is 1. The van der Waals surface area contributed by atoms with Gasteiger partial charge in [0, 0.05) is 5.69 Å². The molecule has 0 aromatic heterocycles. The highest BCUT2D eigenvalue weighted by Crippen LogP contribution is 2.33. The average Bonchev–Trinajstić information content (AvgIpc) is 2.42. The largest absolute Gasteiger partial charge is 0.490 e. The molecule has 0 amide bonds. The van der Waals surface area contributed by atoms with Gasteiger partial charge in [0.15, 0.2) is 11.5 Å². The zero-order valence-corrected chi connectivity index (χ0v) is 11.3. The van der Waals surface area contributed by atoms with Gasteiger partial charge in [0.2, 0.25) is 0 Å². The number of hydrogen-bond acceptors (Lipinski definition) is 3. The lowest BCUT2D eigenvalue weighted by Crippen LogP contribution is -1.98. The number of ether oxygens (including phenoxy) is 2. The van der Waals surface area contributed by atoms with E-state index >= 15 is 0 Å². The van der Waals surface area contributed by atoms with Crippen LogP contribution in [0.5, 0.6) is 11.5 Å². The lowest BCUT2D eigenvalue weighted by Gasteiger charge is -2.12. The Morgan fingerprint density at radius 1 is 0.789 bits per heavy atom. The summed E-state index contributed by atoms with van der Waals surface area (Å²) >= 11 is 0. The van der Waals surface area contributed by atoms with Gasteiger partial charge in [-0.15, -0.1) is 0 Å². The Morgan fingerprint density at radius 3 is 2.00 bits per heavy atom. The van der Waals surface area contributed by atoms with E-state index in [9.17, 15) is 0 Å². The second kappa shape index (κ2) is 6.14. The lowest BCUT2D eigenvalue weighted by atomic mass is 10.0. The van der Waals surface area contributed by atoms with E-state index in [0.29, 0.717) is 13.2 Å². The van der Waals surface area contributed by atoms with E-state index in [4.69, 9.17) is 15.2 Å². The maximum atomic E-state index is 5.70. The van der Waals surface area contributed by atoms with Gasteiger partial charge in [-0.05, 0) is 49.2 Å². The molecule has 0 aliphatic heterocycles. The number of benzene rings is 2. The van der Waals surface area contributed by atoms with Crippen LogP contribution in [0.2, 0.25) is 0 Å². The normalized spacial score (nSPS) is 10.2. The Hall–Kier alpha value is -2.16. The molecule has 2 rings (SSSR count). The first-order valence-corrected chi connectivity index (χ1v) is 6.50. The summed E-state index contributed by atoms with van der Waals surface area (Å²) in [5, 5.41) is 0. The maximum Gasteiger partial charge on any atom is 0.161 e. The topological polar surface area (TPSA) is 44.5 Å². The second-order valence-corrected chi connectivity index (χ2v) is 4.15. The molecule has 0 radical (unpaired) electrons. The van der Waals surface area contributed by atoms with Crippen LogP contribution in [0.3, 0.4) is 0 Å². The summed E-state index contributed by atoms with van der Waals surface area (Å²) in [4.78, 5) is 0. The molecular formula is C16H19NO2. The highest BCUT2D eigenvalue weighted by Gasteiger charge is 2.07. The molecule has 0 fully saturated rings. The van der Waals surface area contributed by atoms with Crippen molar-refractivity contribution < 1.29 is 9.47 Å². The molecule has 0 saturated carbocycles. The molecule has 0 spiro atoms. The third kappa shape index (κ3) is 3.19. The van der Waals surface area contributed by atoms with E-state index in [1.165, 1.54) is 0 Å². The van der Waals surface area contributed by atoms with Gasteiger partial charge in [0.1, 0.15) is 0 Å². The molecule has 2 aromatic rings. The van der Waals surface area contributed by atoms with Crippen LogP contribution in [0.4, 0.5) is 5.69 Å². The third-order valence-electron chi connectivity index (χ3n) is 2.79. The summed E-state index contributed by atoms with van der Waals surface area (Å²) in [7, 11) is 0. The van der Waals surface area contributed by atoms with Gasteiger partial charge < -0.3 is 15.2 Å². The van der Waals surface area contributed by atoms with Gasteiger partial charge in [-0.2, -0.15) is 0 Å². The average molecular weight is 257 g/mol. The fourth-order valence-corrected chi connectivity index (χ4v) is 1.91. The van der Waals surface area contributed by atoms with E-state index in [-0.39, 0.29) is 0 Å². The summed E-state index contributed by atoms with van der Waals surface area (Å²) in [6, 6.07) is 13.8. The van der Waals surface area contributed by atoms with Gasteiger partial charge in [-0.25, -0.2) is 0 Å². The molecule has 0 heterocycles. The van der Waals surface area contributed by atoms with Crippen LogP contribution in [-0.4, -0.2) is 13.2 Å². The number of hydrogen-bond donors (Lipinski definition) is 1. The summed E-state index contributed by atoms with van der Waals surface area (Å²) in [5.74, 6) is 1.56. The monoisotopic (exact) mass is 257 g/mol. The van der Waals surface area contributed by atoms with Crippen molar-refractivity contribution in [2.75, 3.05) is 18.9 Å². The maximum absolute atomic E-state index is 5.70. The molecule has 3 heteroatoms. The van der Waals surface area contributed by atoms with Crippen molar-refractivity contribution in [3.05, 3.63) is 42.5 Å². The van der Waals surface area contributed by atoms with Crippen molar-refractivity contribution in [3.63, 3.8) is 0 Å². The standard InChI is InChI=1S/C16H19NO2/c1-3-18-15-10-7-13(11-16(15)19-4-2)12-5-8-14(17)9-6-12/h5-11H,3-4,17H2,1-2H3. The SMILES string of the molecule is CCOc1ccc(-c2ccc(N)cc2)cc1OCC. The number of rotatable bonds is 5. The van der Waals surface area contributed by atoms with Crippen molar-refractivity contribution in [2.24, 2.45) is 0 Å². The van der Waals surface area contributed by atoms with Crippen LogP contribution in [-0.2, 0) is 0 Å². The van der Waals surface area contributed by atoms with E-state index in [2.05, 4.69) is 0 Å². The molecule has 0 unspecified atom stereocenters. The van der Waals surface area contributed by atoms with Crippen molar-refractivity contribution in [1.82, 2.24) is 0 Å². The van der Waals surface area contributed by atoms with Crippen LogP contribution in [0, 0.1) is 0 Å². The first-order chi connectivity index (χ1) is 9.24. The van der Waals surface area contributed by atoms with Crippen molar-refractivity contribution in [2.45, 2.75) is 13.8 Å². The zero-order valence-electron chi connectivity index (χ0n) is 11.3. The molecule has 19 heavy (non-hydrogen) atoms. The Labute approximate surface area is 114 Å². The molecule has 0 saturated heterocycles. The van der Waals surface area contributed by atoms with Crippen molar-refractivity contribution >= 4 is 5.69 Å². The Bertz CT molecular complexity index is 535. The van der Waals surface area contributed by atoms with Crippen LogP contribution in [0.1, 0.15) is 13.8 Å². The van der Waals surface area contributed by atoms with E-state index in [0.717, 1.165) is 28.3 Å². The summed E-state index contributed by atoms with van der Waals surface area (Å²) in [6.07, 6.45) is 0. The molecule has 3 nitrogen and oxygen atoms in total. The van der Waals surface area contributed by atoms with Gasteiger partial charge in [0.25, 0.3) is 0 Å². The molecular weight excluding hydrogens is 238 g/mol. The second-order valence-electron chi connectivity index (χ2n) is 4.15.